The van der Waals surface area contributed by atoms with E-state index in [-0.39, 0.29) is 31.2 Å². The van der Waals surface area contributed by atoms with Gasteiger partial charge in [0.2, 0.25) is 5.91 Å². The standard InChI is InChI=1S/C15H13F3N4O2/c16-15(17,18)12-8-11(19-20-12)14(24)21-6-7-22(13(23)9-21)10-4-2-1-3-5-10/h1-5,8H,6-7,9H2,(H,19,20). The van der Waals surface area contributed by atoms with E-state index in [0.717, 1.165) is 0 Å². The predicted molar refractivity (Wildman–Crippen MR) is 78.3 cm³/mol. The lowest BCUT2D eigenvalue weighted by molar-refractivity contribution is -0.141. The highest BCUT2D eigenvalue weighted by atomic mass is 19.4. The van der Waals surface area contributed by atoms with Crippen molar-refractivity contribution in [2.75, 3.05) is 24.5 Å². The van der Waals surface area contributed by atoms with Gasteiger partial charge in [0, 0.05) is 24.8 Å². The highest BCUT2D eigenvalue weighted by Gasteiger charge is 2.35. The fourth-order valence-corrected chi connectivity index (χ4v) is 2.47. The molecule has 0 unspecified atom stereocenters. The molecule has 1 aromatic heterocycles. The second kappa shape index (κ2) is 5.99. The van der Waals surface area contributed by atoms with Crippen molar-refractivity contribution in [3.8, 4) is 0 Å². The maximum absolute atomic E-state index is 12.6. The van der Waals surface area contributed by atoms with Crippen LogP contribution in [-0.2, 0) is 11.0 Å². The third kappa shape index (κ3) is 3.10. The van der Waals surface area contributed by atoms with Crippen LogP contribution in [0.15, 0.2) is 36.4 Å². The number of hydrogen-bond acceptors (Lipinski definition) is 3. The van der Waals surface area contributed by atoms with Gasteiger partial charge in [-0.3, -0.25) is 14.7 Å². The zero-order valence-corrected chi connectivity index (χ0v) is 12.4. The average Bonchev–Trinajstić information content (AvgIpc) is 3.05. The van der Waals surface area contributed by atoms with Gasteiger partial charge < -0.3 is 9.80 Å². The van der Waals surface area contributed by atoms with Crippen LogP contribution in [-0.4, -0.2) is 46.5 Å². The van der Waals surface area contributed by atoms with E-state index in [2.05, 4.69) is 5.10 Å². The van der Waals surface area contributed by atoms with Crippen molar-refractivity contribution in [2.45, 2.75) is 6.18 Å². The summed E-state index contributed by atoms with van der Waals surface area (Å²) < 4.78 is 37.7. The first-order chi connectivity index (χ1) is 11.4. The topological polar surface area (TPSA) is 69.3 Å². The fraction of sp³-hybridized carbons (Fsp3) is 0.267. The summed E-state index contributed by atoms with van der Waals surface area (Å²) in [6.45, 7) is 0.279. The van der Waals surface area contributed by atoms with Crippen molar-refractivity contribution in [2.24, 2.45) is 0 Å². The summed E-state index contributed by atoms with van der Waals surface area (Å²) in [5.74, 6) is -1.00. The number of nitrogens with one attached hydrogen (secondary N) is 1. The summed E-state index contributed by atoms with van der Waals surface area (Å²) in [6, 6.07) is 9.61. The third-order valence-corrected chi connectivity index (χ3v) is 3.68. The SMILES string of the molecule is O=C(c1cc(C(F)(F)F)[nH]n1)N1CCN(c2ccccc2)C(=O)C1. The van der Waals surface area contributed by atoms with Crippen LogP contribution in [0.3, 0.4) is 0 Å². The highest BCUT2D eigenvalue weighted by molar-refractivity contribution is 6.01. The van der Waals surface area contributed by atoms with Gasteiger partial charge in [-0.15, -0.1) is 0 Å². The molecule has 6 nitrogen and oxygen atoms in total. The Morgan fingerprint density at radius 3 is 2.46 bits per heavy atom. The lowest BCUT2D eigenvalue weighted by atomic mass is 10.2. The van der Waals surface area contributed by atoms with Gasteiger partial charge in [0.1, 0.15) is 12.2 Å². The van der Waals surface area contributed by atoms with Crippen LogP contribution < -0.4 is 4.90 Å². The van der Waals surface area contributed by atoms with Crippen LogP contribution >= 0.6 is 0 Å². The molecule has 1 saturated heterocycles. The molecule has 126 valence electrons. The third-order valence-electron chi connectivity index (χ3n) is 3.68. The van der Waals surface area contributed by atoms with E-state index in [1.165, 1.54) is 9.80 Å². The Morgan fingerprint density at radius 1 is 1.17 bits per heavy atom. The summed E-state index contributed by atoms with van der Waals surface area (Å²) in [5.41, 5.74) is -0.739. The summed E-state index contributed by atoms with van der Waals surface area (Å²) >= 11 is 0. The first-order valence-corrected chi connectivity index (χ1v) is 7.13. The molecule has 0 bridgehead atoms. The quantitative estimate of drug-likeness (QED) is 0.909. The molecule has 3 rings (SSSR count). The van der Waals surface area contributed by atoms with E-state index in [9.17, 15) is 22.8 Å². The average molecular weight is 338 g/mol. The molecule has 2 amide bonds. The van der Waals surface area contributed by atoms with E-state index in [0.29, 0.717) is 11.8 Å². The minimum Gasteiger partial charge on any atom is -0.326 e. The van der Waals surface area contributed by atoms with Crippen molar-refractivity contribution in [3.63, 3.8) is 0 Å². The normalized spacial score (nSPS) is 15.7. The van der Waals surface area contributed by atoms with Crippen molar-refractivity contribution in [1.29, 1.82) is 0 Å². The number of aromatic nitrogens is 2. The molecule has 0 atom stereocenters. The molecule has 1 fully saturated rings. The van der Waals surface area contributed by atoms with Crippen LogP contribution in [0.2, 0.25) is 0 Å². The van der Waals surface area contributed by atoms with Crippen molar-refractivity contribution in [3.05, 3.63) is 47.8 Å². The van der Waals surface area contributed by atoms with E-state index in [1.807, 2.05) is 6.07 Å². The molecule has 1 N–H and O–H groups in total. The van der Waals surface area contributed by atoms with Gasteiger partial charge in [0.25, 0.3) is 5.91 Å². The fourth-order valence-electron chi connectivity index (χ4n) is 2.47. The number of amides is 2. The largest absolute Gasteiger partial charge is 0.432 e. The minimum absolute atomic E-state index is 0.206. The lowest BCUT2D eigenvalue weighted by Crippen LogP contribution is -2.52. The number of aromatic amines is 1. The molecule has 0 radical (unpaired) electrons. The number of piperazine rings is 1. The van der Waals surface area contributed by atoms with Gasteiger partial charge in [-0.25, -0.2) is 0 Å². The van der Waals surface area contributed by atoms with Crippen molar-refractivity contribution >= 4 is 17.5 Å². The Morgan fingerprint density at radius 2 is 1.88 bits per heavy atom. The predicted octanol–water partition coefficient (Wildman–Crippen LogP) is 1.92. The molecule has 2 aromatic rings. The number of anilines is 1. The number of alkyl halides is 3. The Kier molecular flexibility index (Phi) is 4.00. The van der Waals surface area contributed by atoms with Gasteiger partial charge in [-0.05, 0) is 12.1 Å². The van der Waals surface area contributed by atoms with Crippen LogP contribution in [0, 0.1) is 0 Å². The number of nitrogens with zero attached hydrogens (tertiary/aromatic N) is 3. The van der Waals surface area contributed by atoms with Crippen LogP contribution in [0.1, 0.15) is 16.2 Å². The monoisotopic (exact) mass is 338 g/mol. The van der Waals surface area contributed by atoms with E-state index in [1.54, 1.807) is 29.4 Å². The Balaban J connectivity index is 1.70. The Bertz CT molecular complexity index is 758. The first kappa shape index (κ1) is 16.0. The highest BCUT2D eigenvalue weighted by Crippen LogP contribution is 2.28. The molecular weight excluding hydrogens is 325 g/mol. The van der Waals surface area contributed by atoms with E-state index >= 15 is 0 Å². The number of H-pyrrole nitrogens is 1. The smallest absolute Gasteiger partial charge is 0.326 e. The van der Waals surface area contributed by atoms with Crippen LogP contribution in [0.25, 0.3) is 0 Å². The number of carbonyl (C=O) groups excluding carboxylic acids is 2. The number of benzene rings is 1. The molecule has 0 aliphatic carbocycles. The molecule has 1 aliphatic heterocycles. The number of hydrogen-bond donors (Lipinski definition) is 1. The zero-order valence-electron chi connectivity index (χ0n) is 12.4. The van der Waals surface area contributed by atoms with E-state index < -0.39 is 17.8 Å². The second-order valence-corrected chi connectivity index (χ2v) is 5.27. The van der Waals surface area contributed by atoms with Crippen LogP contribution in [0.5, 0.6) is 0 Å². The number of rotatable bonds is 2. The van der Waals surface area contributed by atoms with Crippen LogP contribution in [0.4, 0.5) is 18.9 Å². The number of halogens is 3. The van der Waals surface area contributed by atoms with Gasteiger partial charge in [-0.1, -0.05) is 18.2 Å². The minimum atomic E-state index is -4.60. The Hall–Kier alpha value is -2.84. The second-order valence-electron chi connectivity index (χ2n) is 5.27. The van der Waals surface area contributed by atoms with Gasteiger partial charge in [-0.2, -0.15) is 18.3 Å². The molecule has 0 spiro atoms. The zero-order chi connectivity index (χ0) is 17.3. The molecular formula is C15H13F3N4O2. The first-order valence-electron chi connectivity index (χ1n) is 7.13. The van der Waals surface area contributed by atoms with E-state index in [4.69, 9.17) is 0 Å². The van der Waals surface area contributed by atoms with Gasteiger partial charge in [0.15, 0.2) is 5.69 Å². The summed E-state index contributed by atoms with van der Waals surface area (Å²) in [4.78, 5) is 27.2. The molecule has 1 aromatic carbocycles. The van der Waals surface area contributed by atoms with Gasteiger partial charge >= 0.3 is 6.18 Å². The summed E-state index contributed by atoms with van der Waals surface area (Å²) in [5, 5.41) is 5.19. The number of carbonyl (C=O) groups is 2. The molecule has 1 aliphatic rings. The summed E-state index contributed by atoms with van der Waals surface area (Å²) in [7, 11) is 0. The van der Waals surface area contributed by atoms with Crippen molar-refractivity contribution in [1.82, 2.24) is 15.1 Å². The maximum Gasteiger partial charge on any atom is 0.432 e. The lowest BCUT2D eigenvalue weighted by Gasteiger charge is -2.34. The molecule has 0 saturated carbocycles. The molecule has 9 heteroatoms. The maximum atomic E-state index is 12.6. The van der Waals surface area contributed by atoms with Crippen molar-refractivity contribution < 1.29 is 22.8 Å². The molecule has 24 heavy (non-hydrogen) atoms. The summed E-state index contributed by atoms with van der Waals surface area (Å²) in [6.07, 6.45) is -4.60. The van der Waals surface area contributed by atoms with Gasteiger partial charge in [0.05, 0.1) is 0 Å². The Labute approximate surface area is 134 Å². The molecule has 2 heterocycles. The number of para-hydroxylation sites is 1.